The largest absolute Gasteiger partial charge is 0.456 e. The molecule has 0 saturated carbocycles. The average molecular weight is 424 g/mol. The topological polar surface area (TPSA) is 18.1 Å². The molecule has 2 aromatic heterocycles. The lowest BCUT2D eigenvalue weighted by Gasteiger charge is -2.09. The van der Waals surface area contributed by atoms with Crippen molar-refractivity contribution in [3.05, 3.63) is 115 Å². The minimum atomic E-state index is 0.919. The minimum Gasteiger partial charge on any atom is -0.456 e. The Morgan fingerprint density at radius 3 is 2.12 bits per heavy atom. The molecule has 2 heteroatoms. The van der Waals surface area contributed by atoms with Gasteiger partial charge in [-0.15, -0.1) is 0 Å². The van der Waals surface area contributed by atoms with E-state index in [0.29, 0.717) is 0 Å². The third-order valence-corrected chi connectivity index (χ3v) is 6.65. The van der Waals surface area contributed by atoms with Gasteiger partial charge in [-0.25, -0.2) is 0 Å². The Balaban J connectivity index is 1.55. The van der Waals surface area contributed by atoms with Crippen LogP contribution in [0.25, 0.3) is 60.6 Å². The van der Waals surface area contributed by atoms with Gasteiger partial charge in [-0.05, 0) is 66.6 Å². The monoisotopic (exact) mass is 423 g/mol. The van der Waals surface area contributed by atoms with Crippen LogP contribution in [-0.2, 0) is 0 Å². The summed E-state index contributed by atoms with van der Waals surface area (Å²) in [7, 11) is 0. The van der Waals surface area contributed by atoms with E-state index in [-0.39, 0.29) is 0 Å². The second-order valence-corrected chi connectivity index (χ2v) is 8.73. The summed E-state index contributed by atoms with van der Waals surface area (Å²) in [6.45, 7) is 2.16. The Kier molecular flexibility index (Phi) is 3.80. The molecule has 0 N–H and O–H groups in total. The van der Waals surface area contributed by atoms with Gasteiger partial charge in [-0.2, -0.15) is 0 Å². The maximum atomic E-state index is 6.07. The fraction of sp³-hybridized carbons (Fsp3) is 0.0323. The van der Waals surface area contributed by atoms with Crippen molar-refractivity contribution in [2.75, 3.05) is 0 Å². The number of furan rings is 1. The Morgan fingerprint density at radius 1 is 0.515 bits per heavy atom. The van der Waals surface area contributed by atoms with Gasteiger partial charge in [0, 0.05) is 27.2 Å². The quantitative estimate of drug-likeness (QED) is 0.272. The molecule has 156 valence electrons. The van der Waals surface area contributed by atoms with E-state index in [1.165, 1.54) is 38.5 Å². The number of benzene rings is 5. The molecule has 0 radical (unpaired) electrons. The van der Waals surface area contributed by atoms with E-state index in [9.17, 15) is 0 Å². The van der Waals surface area contributed by atoms with Crippen LogP contribution in [0.4, 0.5) is 0 Å². The van der Waals surface area contributed by atoms with Crippen LogP contribution < -0.4 is 0 Å². The SMILES string of the molecule is Cc1ccc2c(c1)c1cc(-c3ccccc3)ccc1n2-c1ccc2oc3ccccc3c2c1. The van der Waals surface area contributed by atoms with E-state index in [1.54, 1.807) is 0 Å². The van der Waals surface area contributed by atoms with Gasteiger partial charge < -0.3 is 8.98 Å². The zero-order chi connectivity index (χ0) is 21.9. The van der Waals surface area contributed by atoms with Crippen LogP contribution >= 0.6 is 0 Å². The first-order chi connectivity index (χ1) is 16.3. The van der Waals surface area contributed by atoms with Crippen molar-refractivity contribution in [3.8, 4) is 16.8 Å². The van der Waals surface area contributed by atoms with E-state index in [4.69, 9.17) is 4.42 Å². The maximum absolute atomic E-state index is 6.07. The van der Waals surface area contributed by atoms with Crippen molar-refractivity contribution in [1.82, 2.24) is 4.57 Å². The first-order valence-corrected chi connectivity index (χ1v) is 11.3. The fourth-order valence-corrected chi connectivity index (χ4v) is 5.08. The molecule has 0 bridgehead atoms. The Labute approximate surface area is 191 Å². The van der Waals surface area contributed by atoms with Crippen LogP contribution in [0, 0.1) is 6.92 Å². The first kappa shape index (κ1) is 18.3. The lowest BCUT2D eigenvalue weighted by Crippen LogP contribution is -1.93. The molecule has 2 heterocycles. The normalized spacial score (nSPS) is 11.8. The van der Waals surface area contributed by atoms with Crippen LogP contribution in [0.15, 0.2) is 114 Å². The summed E-state index contributed by atoms with van der Waals surface area (Å²) in [4.78, 5) is 0. The molecule has 0 aliphatic rings. The van der Waals surface area contributed by atoms with Gasteiger partial charge in [-0.1, -0.05) is 66.2 Å². The van der Waals surface area contributed by atoms with Gasteiger partial charge in [0.15, 0.2) is 0 Å². The van der Waals surface area contributed by atoms with Crippen LogP contribution in [0.1, 0.15) is 5.56 Å². The molecule has 0 fully saturated rings. The van der Waals surface area contributed by atoms with E-state index >= 15 is 0 Å². The smallest absolute Gasteiger partial charge is 0.135 e. The van der Waals surface area contributed by atoms with Gasteiger partial charge in [0.25, 0.3) is 0 Å². The van der Waals surface area contributed by atoms with Crippen molar-refractivity contribution in [2.45, 2.75) is 6.92 Å². The summed E-state index contributed by atoms with van der Waals surface area (Å²) >= 11 is 0. The van der Waals surface area contributed by atoms with Gasteiger partial charge in [0.1, 0.15) is 11.2 Å². The van der Waals surface area contributed by atoms with Crippen molar-refractivity contribution in [1.29, 1.82) is 0 Å². The number of nitrogens with zero attached hydrogens (tertiary/aromatic N) is 1. The van der Waals surface area contributed by atoms with Crippen LogP contribution in [-0.4, -0.2) is 4.57 Å². The molecule has 7 rings (SSSR count). The summed E-state index contributed by atoms with van der Waals surface area (Å²) in [5.41, 5.74) is 9.15. The molecule has 2 nitrogen and oxygen atoms in total. The molecule has 0 atom stereocenters. The van der Waals surface area contributed by atoms with Gasteiger partial charge in [0.05, 0.1) is 11.0 Å². The molecule has 0 aliphatic heterocycles. The standard InChI is InChI=1S/C31H21NO/c1-20-11-14-28-25(17-20)26-18-22(21-7-3-2-4-8-21)12-15-29(26)32(28)23-13-16-31-27(19-23)24-9-5-6-10-30(24)33-31/h2-19H,1H3. The second-order valence-electron chi connectivity index (χ2n) is 8.73. The van der Waals surface area contributed by atoms with E-state index in [1.807, 2.05) is 12.1 Å². The minimum absolute atomic E-state index is 0.919. The first-order valence-electron chi connectivity index (χ1n) is 11.3. The van der Waals surface area contributed by atoms with E-state index in [2.05, 4.69) is 109 Å². The molecular formula is C31H21NO. The van der Waals surface area contributed by atoms with Crippen molar-refractivity contribution in [2.24, 2.45) is 0 Å². The Hall–Kier alpha value is -4.30. The summed E-state index contributed by atoms with van der Waals surface area (Å²) < 4.78 is 8.45. The Morgan fingerprint density at radius 2 is 1.24 bits per heavy atom. The number of hydrogen-bond acceptors (Lipinski definition) is 1. The molecule has 33 heavy (non-hydrogen) atoms. The highest BCUT2D eigenvalue weighted by atomic mass is 16.3. The number of fused-ring (bicyclic) bond motifs is 6. The predicted octanol–water partition coefficient (Wildman–Crippen LogP) is 8.66. The predicted molar refractivity (Wildman–Crippen MR) is 138 cm³/mol. The number of aromatic nitrogens is 1. The third kappa shape index (κ3) is 2.74. The molecule has 0 aliphatic carbocycles. The summed E-state index contributed by atoms with van der Waals surface area (Å²) in [6, 6.07) is 38.9. The lowest BCUT2D eigenvalue weighted by atomic mass is 10.0. The number of hydrogen-bond donors (Lipinski definition) is 0. The fourth-order valence-electron chi connectivity index (χ4n) is 5.08. The average Bonchev–Trinajstić information content (AvgIpc) is 3.39. The molecule has 0 spiro atoms. The van der Waals surface area contributed by atoms with Crippen LogP contribution in [0.5, 0.6) is 0 Å². The highest BCUT2D eigenvalue weighted by Gasteiger charge is 2.15. The molecule has 0 amide bonds. The van der Waals surface area contributed by atoms with Crippen LogP contribution in [0.2, 0.25) is 0 Å². The van der Waals surface area contributed by atoms with Gasteiger partial charge >= 0.3 is 0 Å². The molecule has 5 aromatic carbocycles. The molecule has 0 unspecified atom stereocenters. The second kappa shape index (κ2) is 6.85. The number of para-hydroxylation sites is 1. The van der Waals surface area contributed by atoms with Crippen molar-refractivity contribution in [3.63, 3.8) is 0 Å². The third-order valence-electron chi connectivity index (χ3n) is 6.65. The number of aryl methyl sites for hydroxylation is 1. The van der Waals surface area contributed by atoms with E-state index < -0.39 is 0 Å². The highest BCUT2D eigenvalue weighted by Crippen LogP contribution is 2.37. The van der Waals surface area contributed by atoms with Crippen molar-refractivity contribution < 1.29 is 4.42 Å². The number of rotatable bonds is 2. The van der Waals surface area contributed by atoms with E-state index in [0.717, 1.165) is 27.6 Å². The van der Waals surface area contributed by atoms with Gasteiger partial charge in [-0.3, -0.25) is 0 Å². The summed E-state index contributed by atoms with van der Waals surface area (Å²) in [5.74, 6) is 0. The van der Waals surface area contributed by atoms with Crippen LogP contribution in [0.3, 0.4) is 0 Å². The summed E-state index contributed by atoms with van der Waals surface area (Å²) in [5, 5.41) is 4.84. The molecular weight excluding hydrogens is 402 g/mol. The zero-order valence-electron chi connectivity index (χ0n) is 18.2. The highest BCUT2D eigenvalue weighted by molar-refractivity contribution is 6.11. The summed E-state index contributed by atoms with van der Waals surface area (Å²) in [6.07, 6.45) is 0. The van der Waals surface area contributed by atoms with Crippen molar-refractivity contribution >= 4 is 43.7 Å². The lowest BCUT2D eigenvalue weighted by molar-refractivity contribution is 0.669. The zero-order valence-corrected chi connectivity index (χ0v) is 18.2. The maximum Gasteiger partial charge on any atom is 0.135 e. The Bertz CT molecular complexity index is 1820. The van der Waals surface area contributed by atoms with Gasteiger partial charge in [0.2, 0.25) is 0 Å². The molecule has 0 saturated heterocycles. The molecule has 7 aromatic rings.